The Labute approximate surface area is 82.4 Å². The monoisotopic (exact) mass is 200 g/mol. The molecule has 1 atom stereocenters. The fraction of sp³-hybridized carbons (Fsp3) is 0.455. The van der Waals surface area contributed by atoms with E-state index in [4.69, 9.17) is 5.11 Å². The summed E-state index contributed by atoms with van der Waals surface area (Å²) in [4.78, 5) is 0. The molecule has 1 aromatic rings. The van der Waals surface area contributed by atoms with E-state index >= 15 is 0 Å². The van der Waals surface area contributed by atoms with Gasteiger partial charge in [-0.2, -0.15) is 0 Å². The van der Waals surface area contributed by atoms with E-state index in [0.29, 0.717) is 0 Å². The third-order valence-corrected chi connectivity index (χ3v) is 2.31. The van der Waals surface area contributed by atoms with Gasteiger partial charge in [0.1, 0.15) is 6.10 Å². The first-order valence-electron chi connectivity index (χ1n) is 4.53. The maximum Gasteiger partial charge on any atom is 0.264 e. The van der Waals surface area contributed by atoms with Gasteiger partial charge in [0.05, 0.1) is 0 Å². The van der Waals surface area contributed by atoms with Crippen molar-refractivity contribution in [1.82, 2.24) is 0 Å². The van der Waals surface area contributed by atoms with Gasteiger partial charge in [0.15, 0.2) is 0 Å². The second-order valence-electron chi connectivity index (χ2n) is 3.52. The van der Waals surface area contributed by atoms with Crippen LogP contribution in [0.25, 0.3) is 0 Å². The summed E-state index contributed by atoms with van der Waals surface area (Å²) in [5, 5.41) is 8.99. The van der Waals surface area contributed by atoms with Crippen molar-refractivity contribution in [3.05, 3.63) is 34.9 Å². The summed E-state index contributed by atoms with van der Waals surface area (Å²) in [6.45, 7) is 3.89. The van der Waals surface area contributed by atoms with Crippen molar-refractivity contribution >= 4 is 0 Å². The molecule has 0 aliphatic carbocycles. The molecule has 0 heterocycles. The smallest absolute Gasteiger partial charge is 0.264 e. The predicted octanol–water partition coefficient (Wildman–Crippen LogP) is 2.47. The van der Waals surface area contributed by atoms with E-state index in [0.717, 1.165) is 16.7 Å². The predicted molar refractivity (Wildman–Crippen MR) is 51.6 cm³/mol. The lowest BCUT2D eigenvalue weighted by molar-refractivity contribution is -0.00366. The minimum absolute atomic E-state index is 0.0127. The second-order valence-corrected chi connectivity index (χ2v) is 3.52. The number of rotatable bonds is 3. The highest BCUT2D eigenvalue weighted by Gasteiger charge is 2.16. The van der Waals surface area contributed by atoms with Crippen LogP contribution >= 0.6 is 0 Å². The third kappa shape index (κ3) is 2.77. The molecule has 14 heavy (non-hydrogen) atoms. The van der Waals surface area contributed by atoms with Gasteiger partial charge < -0.3 is 5.11 Å². The van der Waals surface area contributed by atoms with Crippen LogP contribution in [0.15, 0.2) is 18.2 Å². The number of benzene rings is 1. The van der Waals surface area contributed by atoms with Crippen molar-refractivity contribution in [3.63, 3.8) is 0 Å². The molecule has 0 saturated carbocycles. The number of aliphatic hydroxyl groups is 1. The molecular formula is C11H14F2O. The zero-order valence-electron chi connectivity index (χ0n) is 8.30. The number of alkyl halides is 2. The molecule has 0 spiro atoms. The van der Waals surface area contributed by atoms with Crippen molar-refractivity contribution in [2.45, 2.75) is 32.8 Å². The van der Waals surface area contributed by atoms with E-state index in [-0.39, 0.29) is 6.42 Å². The number of aliphatic hydroxyl groups excluding tert-OH is 1. The maximum atomic E-state index is 12.0. The van der Waals surface area contributed by atoms with Gasteiger partial charge in [-0.05, 0) is 30.5 Å². The Morgan fingerprint density at radius 3 is 2.36 bits per heavy atom. The molecule has 1 aromatic carbocycles. The van der Waals surface area contributed by atoms with E-state index in [1.165, 1.54) is 0 Å². The van der Waals surface area contributed by atoms with Gasteiger partial charge in [-0.1, -0.05) is 18.2 Å². The van der Waals surface area contributed by atoms with Crippen molar-refractivity contribution in [2.24, 2.45) is 0 Å². The quantitative estimate of drug-likeness (QED) is 0.794. The lowest BCUT2D eigenvalue weighted by Gasteiger charge is -2.10. The molecular weight excluding hydrogens is 186 g/mol. The first-order chi connectivity index (χ1) is 6.50. The molecule has 1 N–H and O–H groups in total. The molecule has 3 heteroatoms. The zero-order valence-corrected chi connectivity index (χ0v) is 8.30. The van der Waals surface area contributed by atoms with E-state index in [2.05, 4.69) is 0 Å². The van der Waals surface area contributed by atoms with Crippen LogP contribution in [0.3, 0.4) is 0 Å². The molecule has 0 aliphatic heterocycles. The van der Waals surface area contributed by atoms with Crippen LogP contribution in [-0.2, 0) is 6.42 Å². The normalized spacial score (nSPS) is 13.3. The van der Waals surface area contributed by atoms with Crippen LogP contribution in [0, 0.1) is 13.8 Å². The van der Waals surface area contributed by atoms with E-state index in [9.17, 15) is 8.78 Å². The molecule has 0 radical (unpaired) electrons. The molecule has 1 rings (SSSR count). The van der Waals surface area contributed by atoms with Crippen molar-refractivity contribution in [1.29, 1.82) is 0 Å². The van der Waals surface area contributed by atoms with Gasteiger partial charge in [-0.3, -0.25) is 0 Å². The minimum Gasteiger partial charge on any atom is -0.387 e. The topological polar surface area (TPSA) is 20.2 Å². The molecule has 0 bridgehead atoms. The number of hydrogen-bond acceptors (Lipinski definition) is 1. The van der Waals surface area contributed by atoms with Crippen LogP contribution in [0.2, 0.25) is 0 Å². The van der Waals surface area contributed by atoms with Crippen LogP contribution < -0.4 is 0 Å². The Morgan fingerprint density at radius 1 is 1.21 bits per heavy atom. The summed E-state index contributed by atoms with van der Waals surface area (Å²) < 4.78 is 24.1. The Kier molecular flexibility index (Phi) is 3.58. The summed E-state index contributed by atoms with van der Waals surface area (Å²) in [5.41, 5.74) is 2.94. The largest absolute Gasteiger partial charge is 0.387 e. The highest BCUT2D eigenvalue weighted by atomic mass is 19.3. The Bertz CT molecular complexity index is 310. The average Bonchev–Trinajstić information content (AvgIpc) is 2.11. The number of hydrogen-bond donors (Lipinski definition) is 1. The molecule has 0 amide bonds. The number of halogens is 2. The Hall–Kier alpha value is -0.960. The molecule has 0 fully saturated rings. The van der Waals surface area contributed by atoms with Gasteiger partial charge in [0, 0.05) is 6.42 Å². The first kappa shape index (κ1) is 11.1. The SMILES string of the molecule is Cc1ccc(CC(O)C(F)F)cc1C. The first-order valence-corrected chi connectivity index (χ1v) is 4.53. The molecule has 1 unspecified atom stereocenters. The van der Waals surface area contributed by atoms with E-state index in [1.54, 1.807) is 6.07 Å². The molecule has 78 valence electrons. The van der Waals surface area contributed by atoms with E-state index in [1.807, 2.05) is 26.0 Å². The van der Waals surface area contributed by atoms with Crippen molar-refractivity contribution in [3.8, 4) is 0 Å². The summed E-state index contributed by atoms with van der Waals surface area (Å²) in [7, 11) is 0. The van der Waals surface area contributed by atoms with Crippen molar-refractivity contribution < 1.29 is 13.9 Å². The summed E-state index contributed by atoms with van der Waals surface area (Å²) in [6.07, 6.45) is -4.22. The fourth-order valence-corrected chi connectivity index (χ4v) is 1.26. The van der Waals surface area contributed by atoms with Gasteiger partial charge in [0.25, 0.3) is 6.43 Å². The molecule has 0 aromatic heterocycles. The molecule has 1 nitrogen and oxygen atoms in total. The van der Waals surface area contributed by atoms with Crippen LogP contribution in [0.5, 0.6) is 0 Å². The maximum absolute atomic E-state index is 12.0. The summed E-state index contributed by atoms with van der Waals surface area (Å²) >= 11 is 0. The lowest BCUT2D eigenvalue weighted by atomic mass is 10.0. The van der Waals surface area contributed by atoms with E-state index < -0.39 is 12.5 Å². The Morgan fingerprint density at radius 2 is 1.86 bits per heavy atom. The number of aryl methyl sites for hydroxylation is 2. The van der Waals surface area contributed by atoms with Gasteiger partial charge >= 0.3 is 0 Å². The fourth-order valence-electron chi connectivity index (χ4n) is 1.26. The highest BCUT2D eigenvalue weighted by molar-refractivity contribution is 5.30. The van der Waals surface area contributed by atoms with Crippen LogP contribution in [-0.4, -0.2) is 17.6 Å². The lowest BCUT2D eigenvalue weighted by Crippen LogP contribution is -2.20. The van der Waals surface area contributed by atoms with Gasteiger partial charge in [0.2, 0.25) is 0 Å². The van der Waals surface area contributed by atoms with Crippen molar-refractivity contribution in [2.75, 3.05) is 0 Å². The second kappa shape index (κ2) is 4.51. The van der Waals surface area contributed by atoms with Crippen LogP contribution in [0.1, 0.15) is 16.7 Å². The Balaban J connectivity index is 2.73. The highest BCUT2D eigenvalue weighted by Crippen LogP contribution is 2.13. The summed E-state index contributed by atoms with van der Waals surface area (Å²) in [5.74, 6) is 0. The van der Waals surface area contributed by atoms with Gasteiger partial charge in [-0.15, -0.1) is 0 Å². The molecule has 0 aliphatic rings. The summed E-state index contributed by atoms with van der Waals surface area (Å²) in [6, 6.07) is 5.48. The zero-order chi connectivity index (χ0) is 10.7. The standard InChI is InChI=1S/C11H14F2O/c1-7-3-4-9(5-8(7)2)6-10(14)11(12)13/h3-5,10-11,14H,6H2,1-2H3. The van der Waals surface area contributed by atoms with Crippen LogP contribution in [0.4, 0.5) is 8.78 Å². The third-order valence-electron chi connectivity index (χ3n) is 2.31. The molecule has 0 saturated heterocycles. The average molecular weight is 200 g/mol. The minimum atomic E-state index is -2.67. The van der Waals surface area contributed by atoms with Gasteiger partial charge in [-0.25, -0.2) is 8.78 Å².